The van der Waals surface area contributed by atoms with Gasteiger partial charge < -0.3 is 9.64 Å². The summed E-state index contributed by atoms with van der Waals surface area (Å²) in [5.74, 6) is -0.0657. The van der Waals surface area contributed by atoms with Crippen molar-refractivity contribution in [2.75, 3.05) is 4.90 Å². The molecule has 2 aromatic carbocycles. The van der Waals surface area contributed by atoms with Crippen molar-refractivity contribution in [3.05, 3.63) is 54.1 Å². The number of carbonyl (C=O) groups excluding carboxylic acids is 1. The van der Waals surface area contributed by atoms with Gasteiger partial charge in [-0.05, 0) is 35.0 Å². The van der Waals surface area contributed by atoms with Crippen LogP contribution in [-0.4, -0.2) is 32.9 Å². The van der Waals surface area contributed by atoms with E-state index in [2.05, 4.69) is 25.4 Å². The number of aromatic amines is 1. The van der Waals surface area contributed by atoms with Gasteiger partial charge in [0.25, 0.3) is 0 Å². The number of benzene rings is 2. The number of rotatable bonds is 6. The first-order valence-electron chi connectivity index (χ1n) is 8.34. The number of amides is 1. The summed E-state index contributed by atoms with van der Waals surface area (Å²) in [6.45, 7) is 1.92. The molecule has 146 valence electrons. The van der Waals surface area contributed by atoms with Crippen molar-refractivity contribution in [1.82, 2.24) is 20.6 Å². The molecular weight excluding hydrogens is 375 g/mol. The Balaban J connectivity index is 1.84. The number of H-pyrrole nitrogens is 1. The minimum Gasteiger partial charge on any atom is -0.406 e. The van der Waals surface area contributed by atoms with Crippen LogP contribution in [0.15, 0.2) is 48.5 Å². The Bertz CT molecular complexity index is 927. The Labute approximate surface area is 158 Å². The van der Waals surface area contributed by atoms with Crippen LogP contribution in [0.25, 0.3) is 11.4 Å². The van der Waals surface area contributed by atoms with Crippen LogP contribution < -0.4 is 9.64 Å². The highest BCUT2D eigenvalue weighted by Crippen LogP contribution is 2.26. The van der Waals surface area contributed by atoms with Crippen LogP contribution in [0.5, 0.6) is 5.75 Å². The monoisotopic (exact) mass is 391 g/mol. The first-order chi connectivity index (χ1) is 13.4. The van der Waals surface area contributed by atoms with Crippen molar-refractivity contribution in [2.24, 2.45) is 0 Å². The van der Waals surface area contributed by atoms with Gasteiger partial charge in [0.2, 0.25) is 11.7 Å². The number of halogens is 3. The van der Waals surface area contributed by atoms with Crippen molar-refractivity contribution in [1.29, 1.82) is 0 Å². The van der Waals surface area contributed by atoms with Crippen molar-refractivity contribution in [2.45, 2.75) is 26.3 Å². The SMILES string of the molecule is CCC(=O)N(Cc1ccc(OC(F)(F)F)cc1)c1cccc(-c2nn[nH]n2)c1. The lowest BCUT2D eigenvalue weighted by atomic mass is 10.1. The minimum atomic E-state index is -4.75. The first kappa shape index (κ1) is 19.3. The molecule has 0 fully saturated rings. The fourth-order valence-electron chi connectivity index (χ4n) is 2.59. The fraction of sp³-hybridized carbons (Fsp3) is 0.222. The highest BCUT2D eigenvalue weighted by Gasteiger charge is 2.31. The highest BCUT2D eigenvalue weighted by atomic mass is 19.4. The predicted octanol–water partition coefficient (Wildman–Crippen LogP) is 3.71. The molecule has 0 spiro atoms. The van der Waals surface area contributed by atoms with Crippen LogP contribution in [0.3, 0.4) is 0 Å². The molecule has 7 nitrogen and oxygen atoms in total. The topological polar surface area (TPSA) is 84.0 Å². The van der Waals surface area contributed by atoms with Crippen LogP contribution in [0, 0.1) is 0 Å². The third kappa shape index (κ3) is 4.84. The van der Waals surface area contributed by atoms with Gasteiger partial charge in [-0.2, -0.15) is 5.21 Å². The Morgan fingerprint density at radius 1 is 1.18 bits per heavy atom. The van der Waals surface area contributed by atoms with E-state index in [1.165, 1.54) is 24.3 Å². The van der Waals surface area contributed by atoms with E-state index < -0.39 is 6.36 Å². The molecular formula is C18H16F3N5O2. The van der Waals surface area contributed by atoms with Gasteiger partial charge in [0, 0.05) is 17.7 Å². The summed E-state index contributed by atoms with van der Waals surface area (Å²) in [6, 6.07) is 12.5. The lowest BCUT2D eigenvalue weighted by Gasteiger charge is -2.23. The summed E-state index contributed by atoms with van der Waals surface area (Å²) in [5, 5.41) is 13.7. The Morgan fingerprint density at radius 2 is 1.93 bits per heavy atom. The Kier molecular flexibility index (Phi) is 5.57. The normalized spacial score (nSPS) is 11.3. The van der Waals surface area contributed by atoms with Gasteiger partial charge in [0.15, 0.2) is 0 Å². The molecule has 1 heterocycles. The number of hydrogen-bond donors (Lipinski definition) is 1. The number of alkyl halides is 3. The number of aromatic nitrogens is 4. The zero-order chi connectivity index (χ0) is 20.1. The zero-order valence-corrected chi connectivity index (χ0v) is 14.8. The van der Waals surface area contributed by atoms with E-state index in [1.54, 1.807) is 36.1 Å². The van der Waals surface area contributed by atoms with Crippen molar-refractivity contribution in [3.8, 4) is 17.1 Å². The van der Waals surface area contributed by atoms with Crippen LogP contribution in [-0.2, 0) is 11.3 Å². The number of anilines is 1. The van der Waals surface area contributed by atoms with Crippen LogP contribution in [0.1, 0.15) is 18.9 Å². The molecule has 0 aliphatic carbocycles. The Morgan fingerprint density at radius 3 is 2.54 bits per heavy atom. The average Bonchev–Trinajstić information content (AvgIpc) is 3.20. The molecule has 0 aliphatic heterocycles. The van der Waals surface area contributed by atoms with E-state index in [4.69, 9.17) is 0 Å². The van der Waals surface area contributed by atoms with Gasteiger partial charge in [-0.15, -0.1) is 23.4 Å². The van der Waals surface area contributed by atoms with Gasteiger partial charge in [-0.1, -0.05) is 31.2 Å². The van der Waals surface area contributed by atoms with E-state index in [0.29, 0.717) is 22.6 Å². The largest absolute Gasteiger partial charge is 0.573 e. The second-order valence-corrected chi connectivity index (χ2v) is 5.81. The summed E-state index contributed by atoms with van der Waals surface area (Å²) in [4.78, 5) is 14.0. The number of nitrogens with one attached hydrogen (secondary N) is 1. The maximum atomic E-state index is 12.5. The number of ether oxygens (including phenoxy) is 1. The van der Waals surface area contributed by atoms with E-state index in [1.807, 2.05) is 0 Å². The minimum absolute atomic E-state index is 0.138. The molecule has 0 radical (unpaired) electrons. The van der Waals surface area contributed by atoms with E-state index >= 15 is 0 Å². The summed E-state index contributed by atoms with van der Waals surface area (Å²) in [7, 11) is 0. The van der Waals surface area contributed by atoms with Gasteiger partial charge in [-0.25, -0.2) is 0 Å². The van der Waals surface area contributed by atoms with E-state index in [-0.39, 0.29) is 24.6 Å². The fourth-order valence-corrected chi connectivity index (χ4v) is 2.59. The lowest BCUT2D eigenvalue weighted by molar-refractivity contribution is -0.274. The Hall–Kier alpha value is -3.43. The highest BCUT2D eigenvalue weighted by molar-refractivity contribution is 5.93. The first-order valence-corrected chi connectivity index (χ1v) is 8.34. The molecule has 1 amide bonds. The van der Waals surface area contributed by atoms with Crippen molar-refractivity contribution in [3.63, 3.8) is 0 Å². The molecule has 0 atom stereocenters. The summed E-state index contributed by atoms with van der Waals surface area (Å²) in [5.41, 5.74) is 1.94. The number of hydrogen-bond acceptors (Lipinski definition) is 5. The second-order valence-electron chi connectivity index (χ2n) is 5.81. The van der Waals surface area contributed by atoms with E-state index in [9.17, 15) is 18.0 Å². The lowest BCUT2D eigenvalue weighted by Crippen LogP contribution is -2.29. The average molecular weight is 391 g/mol. The van der Waals surface area contributed by atoms with Gasteiger partial charge in [0.05, 0.1) is 6.54 Å². The number of tetrazole rings is 1. The molecule has 0 saturated carbocycles. The molecule has 3 rings (SSSR count). The molecule has 0 bridgehead atoms. The van der Waals surface area contributed by atoms with Crippen LogP contribution in [0.2, 0.25) is 0 Å². The molecule has 0 saturated heterocycles. The van der Waals surface area contributed by atoms with Gasteiger partial charge >= 0.3 is 6.36 Å². The van der Waals surface area contributed by atoms with Crippen molar-refractivity contribution < 1.29 is 22.7 Å². The molecule has 1 N–H and O–H groups in total. The smallest absolute Gasteiger partial charge is 0.406 e. The quantitative estimate of drug-likeness (QED) is 0.693. The van der Waals surface area contributed by atoms with Crippen LogP contribution >= 0.6 is 0 Å². The van der Waals surface area contributed by atoms with E-state index in [0.717, 1.165) is 0 Å². The second kappa shape index (κ2) is 8.07. The summed E-state index contributed by atoms with van der Waals surface area (Å²) < 4.78 is 40.7. The van der Waals surface area contributed by atoms with Crippen molar-refractivity contribution >= 4 is 11.6 Å². The molecule has 0 aliphatic rings. The third-order valence-electron chi connectivity index (χ3n) is 3.86. The number of carbonyl (C=O) groups is 1. The van der Waals surface area contributed by atoms with Gasteiger partial charge in [0.1, 0.15) is 5.75 Å². The third-order valence-corrected chi connectivity index (χ3v) is 3.86. The predicted molar refractivity (Wildman–Crippen MR) is 94.2 cm³/mol. The number of nitrogens with zero attached hydrogens (tertiary/aromatic N) is 4. The molecule has 0 unspecified atom stereocenters. The standard InChI is InChI=1S/C18H16F3N5O2/c1-2-16(27)26(11-12-6-8-15(9-7-12)28-18(19,20)21)14-5-3-4-13(10-14)17-22-24-25-23-17/h3-10H,2,11H2,1H3,(H,22,23,24,25). The maximum absolute atomic E-state index is 12.5. The summed E-state index contributed by atoms with van der Waals surface area (Å²) in [6.07, 6.45) is -4.48. The molecule has 28 heavy (non-hydrogen) atoms. The molecule has 3 aromatic rings. The molecule has 10 heteroatoms. The maximum Gasteiger partial charge on any atom is 0.573 e. The summed E-state index contributed by atoms with van der Waals surface area (Å²) >= 11 is 0. The van der Waals surface area contributed by atoms with Gasteiger partial charge in [-0.3, -0.25) is 4.79 Å². The molecule has 1 aromatic heterocycles. The zero-order valence-electron chi connectivity index (χ0n) is 14.8. The van der Waals surface area contributed by atoms with Crippen LogP contribution in [0.4, 0.5) is 18.9 Å².